The van der Waals surface area contributed by atoms with Gasteiger partial charge in [0, 0.05) is 111 Å². The molecule has 2 aromatic heterocycles. The Morgan fingerprint density at radius 2 is 0.908 bits per heavy atom. The van der Waals surface area contributed by atoms with Gasteiger partial charge in [-0.1, -0.05) is 99.3 Å². The van der Waals surface area contributed by atoms with Gasteiger partial charge in [0.05, 0.1) is 29.3 Å². The Labute approximate surface area is 744 Å². The molecule has 29 nitrogen and oxygen atoms in total. The number of anilines is 2. The number of hydrogen-bond acceptors (Lipinski definition) is 21. The van der Waals surface area contributed by atoms with Crippen molar-refractivity contribution in [3.8, 4) is 11.4 Å². The summed E-state index contributed by atoms with van der Waals surface area (Å²) in [6, 6.07) is 43.7. The fourth-order valence-electron chi connectivity index (χ4n) is 8.24. The maximum absolute atomic E-state index is 14.4. The molecule has 0 bridgehead atoms. The van der Waals surface area contributed by atoms with Crippen LogP contribution in [-0.2, 0) is 51.0 Å². The molecule has 1 aliphatic carbocycles. The number of amides is 2. The number of nitrogens with zero attached hydrogens (tertiary/aromatic N) is 5. The van der Waals surface area contributed by atoms with Crippen LogP contribution in [0.15, 0.2) is 158 Å². The van der Waals surface area contributed by atoms with E-state index in [2.05, 4.69) is 42.7 Å². The average Bonchev–Trinajstić information content (AvgIpc) is 1.00. The Hall–Kier alpha value is -7.79. The molecule has 6 aromatic carbocycles. The maximum atomic E-state index is 14.4. The summed E-state index contributed by atoms with van der Waals surface area (Å²) in [5, 5.41) is 46.9. The second-order valence-electron chi connectivity index (χ2n) is 25.6. The predicted molar refractivity (Wildman–Crippen MR) is 413 cm³/mol. The zero-order valence-electron chi connectivity index (χ0n) is 65.5. The van der Waals surface area contributed by atoms with Gasteiger partial charge in [-0.25, -0.2) is 32.6 Å². The van der Waals surface area contributed by atoms with E-state index >= 15 is 0 Å². The minimum Gasteiger partial charge on any atom is -1.00 e. The number of halogens is 11. The van der Waals surface area contributed by atoms with Crippen molar-refractivity contribution in [2.45, 2.75) is 129 Å². The number of aryl methyl sites for hydroxylation is 3. The van der Waals surface area contributed by atoms with E-state index in [0.717, 1.165) is 30.8 Å². The van der Waals surface area contributed by atoms with Gasteiger partial charge in [-0.3, -0.25) is 23.2 Å². The molecule has 1 aliphatic rings. The van der Waals surface area contributed by atoms with Gasteiger partial charge >= 0.3 is 88.7 Å². The summed E-state index contributed by atoms with van der Waals surface area (Å²) in [7, 11) is -17.5. The largest absolute Gasteiger partial charge is 1.00 e. The third-order valence-corrected chi connectivity index (χ3v) is 15.4. The molecule has 0 aliphatic heterocycles. The summed E-state index contributed by atoms with van der Waals surface area (Å²) < 4.78 is 218. The molecule has 13 N–H and O–H groups in total. The third-order valence-electron chi connectivity index (χ3n) is 13.6. The van der Waals surface area contributed by atoms with E-state index in [0.29, 0.717) is 76.6 Å². The zero-order chi connectivity index (χ0) is 87.8. The van der Waals surface area contributed by atoms with Gasteiger partial charge in [0.2, 0.25) is 0 Å². The van der Waals surface area contributed by atoms with E-state index in [1.54, 1.807) is 138 Å². The van der Waals surface area contributed by atoms with Crippen molar-refractivity contribution < 1.29 is 214 Å². The van der Waals surface area contributed by atoms with Gasteiger partial charge in [-0.05, 0) is 170 Å². The van der Waals surface area contributed by atoms with Crippen LogP contribution in [-0.4, -0.2) is 167 Å². The molecule has 0 spiro atoms. The third kappa shape index (κ3) is 43.5. The molecule has 2 heterocycles. The summed E-state index contributed by atoms with van der Waals surface area (Å²) in [4.78, 5) is 51.5. The van der Waals surface area contributed by atoms with Gasteiger partial charge in [-0.2, -0.15) is 75.0 Å². The van der Waals surface area contributed by atoms with E-state index in [1.165, 1.54) is 53.9 Å². The Bertz CT molecular complexity index is 4770. The molecule has 1 fully saturated rings. The van der Waals surface area contributed by atoms with E-state index in [1.807, 2.05) is 43.3 Å². The molecular weight excluding hydrogens is 1830 g/mol. The minimum absolute atomic E-state index is 0. The van der Waals surface area contributed by atoms with Gasteiger partial charge in [-0.15, -0.1) is 0 Å². The van der Waals surface area contributed by atoms with E-state index in [9.17, 15) is 77.7 Å². The molecule has 119 heavy (non-hydrogen) atoms. The number of aliphatic hydroxyl groups is 3. The second-order valence-corrected chi connectivity index (χ2v) is 29.8. The molecule has 8 aromatic rings. The summed E-state index contributed by atoms with van der Waals surface area (Å²) in [5.41, 5.74) is -0.776. The molecule has 1 saturated carbocycles. The fraction of sp³-hybridized carbons (Fsp3) is 0.356. The first kappa shape index (κ1) is 115. The Balaban J connectivity index is -0.000000703. The van der Waals surface area contributed by atoms with Gasteiger partial charge in [0.25, 0.3) is 11.8 Å². The number of nitrogens with two attached hydrogens (primary N) is 2. The minimum atomic E-state index is -5.84. The monoisotopic (exact) mass is 1920 g/mol. The van der Waals surface area contributed by atoms with Crippen LogP contribution in [0.1, 0.15) is 143 Å². The molecule has 3 radical (unpaired) electrons. The Morgan fingerprint density at radius 1 is 0.571 bits per heavy atom. The molecule has 46 heteroatoms. The molecule has 2 atom stereocenters. The van der Waals surface area contributed by atoms with Crippen molar-refractivity contribution in [3.05, 3.63) is 231 Å². The Morgan fingerprint density at radius 3 is 1.19 bits per heavy atom. The molecule has 9 rings (SSSR count). The van der Waals surface area contributed by atoms with Crippen molar-refractivity contribution in [1.82, 2.24) is 24.9 Å². The SMILES string of the molecule is C.CC(C)(C)OC(=O)OC(=O)OC(C)(C)C.CCc1cccc(-n2nc(C)cc2C(=O)Nc2ccc(F)c(C(O)c3ccccc3)c2)c1.NCCNCCN.O=S(=O)(O)C(F)(F)F.O=S(=O)(O)C(F)(F)F.O=S(=O)(O)C(F)(F)F.OCC1CC1.[B].[C-]#[N+]c1cccc(-n2nc(C)cc2C(=O)Nc2ccc(F)c(C(O)c3ccccc3)c2)c1.[H-].[Na+].[Yb]. The number of nitrogens with one attached hydrogen (secondary N) is 3. The van der Waals surface area contributed by atoms with E-state index in [4.69, 9.17) is 71.5 Å². The summed E-state index contributed by atoms with van der Waals surface area (Å²) >= 11 is 0. The number of benzene rings is 6. The van der Waals surface area contributed by atoms with Crippen LogP contribution >= 0.6 is 0 Å². The quantitative estimate of drug-likeness (QED) is 0.00625. The summed E-state index contributed by atoms with van der Waals surface area (Å²) in [5.74, 6) is -1.26. The van der Waals surface area contributed by atoms with Gasteiger partial charge < -0.3 is 58.4 Å². The van der Waals surface area contributed by atoms with Crippen LogP contribution in [0.4, 0.5) is 74.9 Å². The van der Waals surface area contributed by atoms with Crippen molar-refractivity contribution in [2.75, 3.05) is 43.4 Å². The smallest absolute Gasteiger partial charge is 1.00 e. The summed E-state index contributed by atoms with van der Waals surface area (Å²) in [6.45, 7) is 26.4. The number of alkyl halides is 9. The van der Waals surface area contributed by atoms with Gasteiger partial charge in [0.1, 0.15) is 46.4 Å². The molecule has 2 unspecified atom stereocenters. The normalized spacial score (nSPS) is 12.2. The number of aliphatic hydroxyl groups excluding tert-OH is 3. The number of aromatic nitrogens is 4. The van der Waals surface area contributed by atoms with Crippen molar-refractivity contribution in [3.63, 3.8) is 0 Å². The van der Waals surface area contributed by atoms with Crippen LogP contribution in [0.25, 0.3) is 16.2 Å². The maximum Gasteiger partial charge on any atom is 1.00 e. The average molecular weight is 1920 g/mol. The summed E-state index contributed by atoms with van der Waals surface area (Å²) in [6.07, 6.45) is -1.03. The second kappa shape index (κ2) is 52.5. The molecular formula is C73H90BF11N10NaO19S3Yb. The van der Waals surface area contributed by atoms with Gasteiger partial charge in [0.15, 0.2) is 5.69 Å². The van der Waals surface area contributed by atoms with Crippen LogP contribution in [0.3, 0.4) is 0 Å². The number of carbonyl (C=O) groups excluding carboxylic acids is 4. The first-order valence-corrected chi connectivity index (χ1v) is 37.7. The van der Waals surface area contributed by atoms with Crippen LogP contribution in [0, 0.1) is 84.9 Å². The topological polar surface area (TPSA) is 448 Å². The van der Waals surface area contributed by atoms with Crippen LogP contribution in [0.2, 0.25) is 0 Å². The van der Waals surface area contributed by atoms with E-state index in [-0.39, 0.29) is 116 Å². The zero-order valence-corrected chi connectivity index (χ0v) is 70.7. The first-order chi connectivity index (χ1) is 53.0. The van der Waals surface area contributed by atoms with Crippen molar-refractivity contribution >= 4 is 80.0 Å². The van der Waals surface area contributed by atoms with Crippen LogP contribution < -0.4 is 57.0 Å². The van der Waals surface area contributed by atoms with Crippen molar-refractivity contribution in [2.24, 2.45) is 17.4 Å². The number of rotatable bonds is 16. The molecule has 2 amide bonds. The number of carbonyl (C=O) groups is 4. The predicted octanol–water partition coefficient (Wildman–Crippen LogP) is 10.7. The first-order valence-electron chi connectivity index (χ1n) is 33.4. The fourth-order valence-corrected chi connectivity index (χ4v) is 8.24. The van der Waals surface area contributed by atoms with Crippen LogP contribution in [0.5, 0.6) is 0 Å². The number of ether oxygens (including phenoxy) is 3. The molecule has 0 saturated heterocycles. The molecule has 659 valence electrons. The van der Waals surface area contributed by atoms with Crippen molar-refractivity contribution in [1.29, 1.82) is 0 Å². The van der Waals surface area contributed by atoms with E-state index < -0.39 is 100 Å². The standard InChI is InChI=1S/C26H24FN3O2.C25H19FN4O2.C10H18O5.C4H13N3.C4H8O.3CHF3O3S.CH4.B.Na.Yb.H/c1-3-18-8-7-11-21(15-18)30-24(14-17(2)29-30)26(32)28-20-12-13-23(27)22(16-20)25(31)19-9-5-4-6-10-19;1-16-13-23(30(29-16)20-10-6-9-18(14-20)27-2)25(32)28-19-11-12-22(26)21(15-19)24(31)17-7-4-3-5-8-17;1-9(2,3)14-7(11)13-8(12)15-10(4,5)6;5-1-3-7-4-2-6;5-3-4-1-2-4;3*2-1(3,4)8(5,6)7;;;;;/h4-16,25,31H,3H2,1-2H3,(H,28,32);3-15,24,31H,1H3,(H,28,32);1-6H3;7H,1-6H2;4-5H,1-3H2;3*(H,5,6,7);1H4;;;;/q;;;;;;;;;;+1;;-1. The Kier molecular flexibility index (Phi) is 50.9. The number of hydrogen-bond donors (Lipinski definition) is 11.